The van der Waals surface area contributed by atoms with Gasteiger partial charge in [0.2, 0.25) is 5.91 Å². The third-order valence-electron chi connectivity index (χ3n) is 7.93. The van der Waals surface area contributed by atoms with Gasteiger partial charge in [-0.05, 0) is 78.8 Å². The van der Waals surface area contributed by atoms with Crippen molar-refractivity contribution in [1.29, 1.82) is 0 Å². The van der Waals surface area contributed by atoms with Gasteiger partial charge in [0.1, 0.15) is 11.5 Å². The second-order valence-corrected chi connectivity index (χ2v) is 11.4. The number of hydrogen-bond donors (Lipinski definition) is 4. The standard InChI is InChI=1S/C32H40N6O3/c1-19-13-23(14-24-18-38(10-8-25(19)24)11-9-29(40)33-15-21(3)39)28-17-35-31-30(36-28)27(16-34-31)22-6-7-26(20(2)12-22)32(41)37(4)5/h6-7,12-14,16,21,34-35,39H,8-11,15,17-18H2,1-5H3,(H,33,40)/t21-/m1/s1. The molecule has 2 aromatic carbocycles. The van der Waals surface area contributed by atoms with Gasteiger partial charge in [-0.15, -0.1) is 0 Å². The van der Waals surface area contributed by atoms with Gasteiger partial charge in [0.15, 0.2) is 0 Å². The highest BCUT2D eigenvalue weighted by Crippen LogP contribution is 2.40. The average molecular weight is 557 g/mol. The number of aromatic nitrogens is 1. The fraction of sp³-hybridized carbons (Fsp3) is 0.406. The van der Waals surface area contributed by atoms with Crippen LogP contribution in [0.4, 0.5) is 11.5 Å². The molecule has 2 amide bonds. The summed E-state index contributed by atoms with van der Waals surface area (Å²) in [5.41, 5.74) is 10.5. The normalized spacial score (nSPS) is 15.3. The third kappa shape index (κ3) is 6.21. The number of carbonyl (C=O) groups is 2. The molecule has 3 heterocycles. The predicted octanol–water partition coefficient (Wildman–Crippen LogP) is 3.79. The lowest BCUT2D eigenvalue weighted by Gasteiger charge is -2.30. The number of carbonyl (C=O) groups excluding carboxylic acids is 2. The monoisotopic (exact) mass is 556 g/mol. The lowest BCUT2D eigenvalue weighted by molar-refractivity contribution is -0.121. The highest BCUT2D eigenvalue weighted by Gasteiger charge is 2.23. The third-order valence-corrected chi connectivity index (χ3v) is 7.93. The molecule has 0 spiro atoms. The fourth-order valence-corrected chi connectivity index (χ4v) is 5.66. The first-order chi connectivity index (χ1) is 19.6. The summed E-state index contributed by atoms with van der Waals surface area (Å²) >= 11 is 0. The summed E-state index contributed by atoms with van der Waals surface area (Å²) in [5, 5.41) is 15.7. The summed E-state index contributed by atoms with van der Waals surface area (Å²) in [5.74, 6) is 0.856. The van der Waals surface area contributed by atoms with Gasteiger partial charge in [-0.1, -0.05) is 12.1 Å². The molecule has 5 rings (SSSR count). The molecule has 216 valence electrons. The Bertz CT molecular complexity index is 1500. The summed E-state index contributed by atoms with van der Waals surface area (Å²) in [7, 11) is 3.53. The number of hydrogen-bond acceptors (Lipinski definition) is 6. The molecule has 0 saturated carbocycles. The van der Waals surface area contributed by atoms with E-state index in [1.165, 1.54) is 16.7 Å². The van der Waals surface area contributed by atoms with Crippen LogP contribution in [-0.4, -0.2) is 83.8 Å². The van der Waals surface area contributed by atoms with E-state index >= 15 is 0 Å². The van der Waals surface area contributed by atoms with Gasteiger partial charge in [0.05, 0.1) is 18.4 Å². The Morgan fingerprint density at radius 3 is 2.66 bits per heavy atom. The van der Waals surface area contributed by atoms with Crippen molar-refractivity contribution in [3.8, 4) is 11.1 Å². The number of anilines is 1. The van der Waals surface area contributed by atoms with Gasteiger partial charge < -0.3 is 25.6 Å². The second-order valence-electron chi connectivity index (χ2n) is 11.4. The Morgan fingerprint density at radius 2 is 1.93 bits per heavy atom. The van der Waals surface area contributed by atoms with Crippen LogP contribution in [0.1, 0.15) is 51.5 Å². The van der Waals surface area contributed by atoms with Crippen molar-refractivity contribution in [2.75, 3.05) is 45.6 Å². The van der Waals surface area contributed by atoms with Crippen molar-refractivity contribution < 1.29 is 14.7 Å². The van der Waals surface area contributed by atoms with Crippen LogP contribution >= 0.6 is 0 Å². The number of aliphatic hydroxyl groups is 1. The lowest BCUT2D eigenvalue weighted by atomic mass is 9.91. The molecule has 9 heteroatoms. The van der Waals surface area contributed by atoms with Gasteiger partial charge in [-0.3, -0.25) is 14.5 Å². The Labute approximate surface area is 241 Å². The average Bonchev–Trinajstić information content (AvgIpc) is 3.37. The number of nitrogens with one attached hydrogen (secondary N) is 3. The predicted molar refractivity (Wildman–Crippen MR) is 163 cm³/mol. The Hall–Kier alpha value is -3.95. The van der Waals surface area contributed by atoms with Gasteiger partial charge in [0.25, 0.3) is 5.91 Å². The lowest BCUT2D eigenvalue weighted by Crippen LogP contribution is -2.36. The molecule has 0 unspecified atom stereocenters. The van der Waals surface area contributed by atoms with Crippen molar-refractivity contribution >= 4 is 29.0 Å². The summed E-state index contributed by atoms with van der Waals surface area (Å²) in [6.07, 6.45) is 2.81. The molecular formula is C32H40N6O3. The molecule has 41 heavy (non-hydrogen) atoms. The zero-order valence-electron chi connectivity index (χ0n) is 24.6. The molecule has 9 nitrogen and oxygen atoms in total. The maximum Gasteiger partial charge on any atom is 0.253 e. The van der Waals surface area contributed by atoms with E-state index < -0.39 is 6.10 Å². The first-order valence-electron chi connectivity index (χ1n) is 14.3. The topological polar surface area (TPSA) is 113 Å². The minimum absolute atomic E-state index is 0.00642. The van der Waals surface area contributed by atoms with E-state index in [4.69, 9.17) is 4.99 Å². The SMILES string of the molecule is Cc1cc(-c2c[nH]c3c2N=C(c2cc(C)c4c(c2)CN(CCC(=O)NC[C@@H](C)O)CC4)CN3)ccc1C(=O)N(C)C. The molecule has 0 bridgehead atoms. The van der Waals surface area contributed by atoms with Crippen LogP contribution in [0.2, 0.25) is 0 Å². The van der Waals surface area contributed by atoms with Crippen molar-refractivity contribution in [3.63, 3.8) is 0 Å². The van der Waals surface area contributed by atoms with Crippen LogP contribution in [0.25, 0.3) is 11.1 Å². The highest BCUT2D eigenvalue weighted by atomic mass is 16.3. The fourth-order valence-electron chi connectivity index (χ4n) is 5.66. The maximum atomic E-state index is 12.5. The maximum absolute atomic E-state index is 12.5. The second kappa shape index (κ2) is 11.9. The van der Waals surface area contributed by atoms with Crippen LogP contribution in [0.5, 0.6) is 0 Å². The largest absolute Gasteiger partial charge is 0.392 e. The molecule has 0 saturated heterocycles. The minimum Gasteiger partial charge on any atom is -0.392 e. The van der Waals surface area contributed by atoms with Crippen LogP contribution in [0.3, 0.4) is 0 Å². The first kappa shape index (κ1) is 28.6. The number of benzene rings is 2. The Balaban J connectivity index is 1.36. The summed E-state index contributed by atoms with van der Waals surface area (Å²) in [4.78, 5) is 37.1. The zero-order valence-corrected chi connectivity index (χ0v) is 24.6. The molecule has 0 aliphatic carbocycles. The molecule has 1 atom stereocenters. The zero-order chi connectivity index (χ0) is 29.3. The number of nitrogens with zero attached hydrogens (tertiary/aromatic N) is 3. The number of aromatic amines is 1. The van der Waals surface area contributed by atoms with E-state index in [2.05, 4.69) is 39.6 Å². The van der Waals surface area contributed by atoms with E-state index in [-0.39, 0.29) is 18.4 Å². The van der Waals surface area contributed by atoms with Crippen LogP contribution in [-0.2, 0) is 17.8 Å². The van der Waals surface area contributed by atoms with Crippen molar-refractivity contribution in [2.45, 2.75) is 46.3 Å². The van der Waals surface area contributed by atoms with E-state index in [1.807, 2.05) is 31.3 Å². The van der Waals surface area contributed by atoms with Crippen LogP contribution in [0.15, 0.2) is 41.5 Å². The number of amides is 2. The van der Waals surface area contributed by atoms with E-state index in [0.717, 1.165) is 59.0 Å². The summed E-state index contributed by atoms with van der Waals surface area (Å²) in [6.45, 7) is 9.11. The number of aryl methyl sites for hydroxylation is 2. The van der Waals surface area contributed by atoms with E-state index in [1.54, 1.807) is 25.9 Å². The summed E-state index contributed by atoms with van der Waals surface area (Å²) < 4.78 is 0. The molecule has 0 radical (unpaired) electrons. The molecule has 4 N–H and O–H groups in total. The minimum atomic E-state index is -0.541. The van der Waals surface area contributed by atoms with Crippen molar-refractivity contribution in [1.82, 2.24) is 20.1 Å². The van der Waals surface area contributed by atoms with E-state index in [9.17, 15) is 14.7 Å². The number of fused-ring (bicyclic) bond motifs is 2. The van der Waals surface area contributed by atoms with Gasteiger partial charge in [-0.2, -0.15) is 0 Å². The molecule has 2 aliphatic rings. The Kier molecular flexibility index (Phi) is 8.28. The van der Waals surface area contributed by atoms with E-state index in [0.29, 0.717) is 25.1 Å². The molecule has 3 aromatic rings. The van der Waals surface area contributed by atoms with Crippen molar-refractivity contribution in [3.05, 3.63) is 69.9 Å². The molecular weight excluding hydrogens is 516 g/mol. The highest BCUT2D eigenvalue weighted by molar-refractivity contribution is 6.09. The molecule has 2 aliphatic heterocycles. The number of aliphatic imine (C=N–C) groups is 1. The van der Waals surface area contributed by atoms with Crippen molar-refractivity contribution in [2.24, 2.45) is 4.99 Å². The van der Waals surface area contributed by atoms with Crippen LogP contribution < -0.4 is 10.6 Å². The molecule has 0 fully saturated rings. The number of H-pyrrole nitrogens is 1. The smallest absolute Gasteiger partial charge is 0.253 e. The molecule has 1 aromatic heterocycles. The van der Waals surface area contributed by atoms with Crippen LogP contribution in [0, 0.1) is 13.8 Å². The number of aliphatic hydroxyl groups excluding tert-OH is 1. The number of rotatable bonds is 8. The van der Waals surface area contributed by atoms with Gasteiger partial charge in [0, 0.05) is 64.0 Å². The summed E-state index contributed by atoms with van der Waals surface area (Å²) in [6, 6.07) is 10.4. The first-order valence-corrected chi connectivity index (χ1v) is 14.3. The van der Waals surface area contributed by atoms with Gasteiger partial charge >= 0.3 is 0 Å². The Morgan fingerprint density at radius 1 is 1.15 bits per heavy atom. The quantitative estimate of drug-likeness (QED) is 0.337. The van der Waals surface area contributed by atoms with Gasteiger partial charge in [-0.25, -0.2) is 4.99 Å².